The van der Waals surface area contributed by atoms with E-state index in [0.29, 0.717) is 18.7 Å². The van der Waals surface area contributed by atoms with Crippen molar-refractivity contribution in [3.8, 4) is 0 Å². The van der Waals surface area contributed by atoms with Crippen LogP contribution in [0.3, 0.4) is 0 Å². The fraction of sp³-hybridized carbons (Fsp3) is 0.833. The molecule has 0 aliphatic carbocycles. The summed E-state index contributed by atoms with van der Waals surface area (Å²) in [6, 6.07) is -0.695. The Morgan fingerprint density at radius 1 is 1.44 bits per heavy atom. The summed E-state index contributed by atoms with van der Waals surface area (Å²) in [4.78, 5) is 25.0. The van der Waals surface area contributed by atoms with Gasteiger partial charge in [-0.3, -0.25) is 4.79 Å². The summed E-state index contributed by atoms with van der Waals surface area (Å²) >= 11 is 1.55. The molecule has 3 atom stereocenters. The van der Waals surface area contributed by atoms with E-state index in [0.717, 1.165) is 0 Å². The second kappa shape index (κ2) is 6.43. The molecule has 1 saturated heterocycles. The maximum absolute atomic E-state index is 12.2. The standard InChI is InChI=1S/C12H22N2O3S/c1-7(2)11-14(9(6-18-11)12(16)17)10(15)4-8(3)5-13/h7-9,11H,4-6,13H2,1-3H3,(H,16,17). The molecule has 5 nitrogen and oxygen atoms in total. The summed E-state index contributed by atoms with van der Waals surface area (Å²) in [5.41, 5.74) is 5.52. The average Bonchev–Trinajstić information content (AvgIpc) is 2.73. The molecule has 0 aromatic rings. The summed E-state index contributed by atoms with van der Waals surface area (Å²) in [7, 11) is 0. The predicted octanol–water partition coefficient (Wildman–Crippen LogP) is 0.982. The minimum Gasteiger partial charge on any atom is -0.480 e. The van der Waals surface area contributed by atoms with E-state index in [4.69, 9.17) is 5.73 Å². The fourth-order valence-electron chi connectivity index (χ4n) is 2.03. The van der Waals surface area contributed by atoms with Gasteiger partial charge in [0.25, 0.3) is 0 Å². The van der Waals surface area contributed by atoms with Crippen LogP contribution < -0.4 is 5.73 Å². The van der Waals surface area contributed by atoms with Gasteiger partial charge in [0.2, 0.25) is 5.91 Å². The monoisotopic (exact) mass is 274 g/mol. The molecule has 3 unspecified atom stereocenters. The number of carboxylic acids is 1. The molecular weight excluding hydrogens is 252 g/mol. The highest BCUT2D eigenvalue weighted by molar-refractivity contribution is 8.00. The quantitative estimate of drug-likeness (QED) is 0.781. The summed E-state index contributed by atoms with van der Waals surface area (Å²) < 4.78 is 0. The van der Waals surface area contributed by atoms with Crippen molar-refractivity contribution >= 4 is 23.6 Å². The van der Waals surface area contributed by atoms with Crippen LogP contribution in [0.1, 0.15) is 27.2 Å². The number of carbonyl (C=O) groups excluding carboxylic acids is 1. The van der Waals surface area contributed by atoms with Gasteiger partial charge in [0.05, 0.1) is 5.37 Å². The SMILES string of the molecule is CC(CN)CC(=O)N1C(C(=O)O)CSC1C(C)C. The number of carbonyl (C=O) groups is 2. The molecule has 1 heterocycles. The highest BCUT2D eigenvalue weighted by Gasteiger charge is 2.42. The van der Waals surface area contributed by atoms with Crippen LogP contribution in [0.25, 0.3) is 0 Å². The Bertz CT molecular complexity index is 322. The van der Waals surface area contributed by atoms with Gasteiger partial charge in [-0.1, -0.05) is 20.8 Å². The van der Waals surface area contributed by atoms with Gasteiger partial charge in [-0.2, -0.15) is 0 Å². The van der Waals surface area contributed by atoms with Gasteiger partial charge in [0.1, 0.15) is 6.04 Å². The second-order valence-corrected chi connectivity index (χ2v) is 6.32. The normalized spacial score (nSPS) is 25.5. The third-order valence-electron chi connectivity index (χ3n) is 3.10. The van der Waals surface area contributed by atoms with Crippen LogP contribution in [0.15, 0.2) is 0 Å². The zero-order valence-electron chi connectivity index (χ0n) is 11.1. The van der Waals surface area contributed by atoms with Gasteiger partial charge >= 0.3 is 5.97 Å². The van der Waals surface area contributed by atoms with E-state index in [-0.39, 0.29) is 23.1 Å². The first-order valence-corrected chi connectivity index (χ1v) is 7.29. The lowest BCUT2D eigenvalue weighted by molar-refractivity contribution is -0.149. The van der Waals surface area contributed by atoms with E-state index in [1.54, 1.807) is 16.7 Å². The van der Waals surface area contributed by atoms with Crippen molar-refractivity contribution in [1.82, 2.24) is 4.90 Å². The summed E-state index contributed by atoms with van der Waals surface area (Å²) in [5.74, 6) is -0.203. The molecule has 0 bridgehead atoms. The Hall–Kier alpha value is -0.750. The Morgan fingerprint density at radius 3 is 2.50 bits per heavy atom. The van der Waals surface area contributed by atoms with Crippen LogP contribution in [0.2, 0.25) is 0 Å². The molecule has 0 aromatic carbocycles. The Kier molecular flexibility index (Phi) is 5.47. The van der Waals surface area contributed by atoms with Crippen molar-refractivity contribution in [3.63, 3.8) is 0 Å². The third-order valence-corrected chi connectivity index (χ3v) is 4.72. The average molecular weight is 274 g/mol. The van der Waals surface area contributed by atoms with Crippen LogP contribution in [-0.2, 0) is 9.59 Å². The molecular formula is C12H22N2O3S. The summed E-state index contributed by atoms with van der Waals surface area (Å²) in [6.45, 7) is 6.36. The topological polar surface area (TPSA) is 83.6 Å². The number of amides is 1. The number of carboxylic acid groups (broad SMARTS) is 1. The van der Waals surface area contributed by atoms with Gasteiger partial charge in [0.15, 0.2) is 0 Å². The molecule has 104 valence electrons. The van der Waals surface area contributed by atoms with Crippen molar-refractivity contribution in [1.29, 1.82) is 0 Å². The van der Waals surface area contributed by atoms with Crippen molar-refractivity contribution in [2.45, 2.75) is 38.6 Å². The van der Waals surface area contributed by atoms with Crippen LogP contribution in [0, 0.1) is 11.8 Å². The van der Waals surface area contributed by atoms with E-state index in [2.05, 4.69) is 0 Å². The van der Waals surface area contributed by atoms with Crippen molar-refractivity contribution in [3.05, 3.63) is 0 Å². The van der Waals surface area contributed by atoms with Gasteiger partial charge in [0, 0.05) is 12.2 Å². The smallest absolute Gasteiger partial charge is 0.327 e. The van der Waals surface area contributed by atoms with E-state index >= 15 is 0 Å². The molecule has 1 rings (SSSR count). The summed E-state index contributed by atoms with van der Waals surface area (Å²) in [5, 5.41) is 9.15. The second-order valence-electron chi connectivity index (χ2n) is 5.17. The number of thioether (sulfide) groups is 1. The number of nitrogens with zero attached hydrogens (tertiary/aromatic N) is 1. The Morgan fingerprint density at radius 2 is 2.06 bits per heavy atom. The Balaban J connectivity index is 2.82. The molecule has 0 radical (unpaired) electrons. The van der Waals surface area contributed by atoms with E-state index in [1.807, 2.05) is 20.8 Å². The molecule has 0 spiro atoms. The number of rotatable bonds is 5. The predicted molar refractivity (Wildman–Crippen MR) is 72.2 cm³/mol. The molecule has 0 aromatic heterocycles. The van der Waals surface area contributed by atoms with Gasteiger partial charge < -0.3 is 15.7 Å². The highest BCUT2D eigenvalue weighted by Crippen LogP contribution is 2.34. The molecule has 1 fully saturated rings. The third kappa shape index (κ3) is 3.38. The zero-order valence-corrected chi connectivity index (χ0v) is 11.9. The van der Waals surface area contributed by atoms with Crippen molar-refractivity contribution in [2.24, 2.45) is 17.6 Å². The maximum Gasteiger partial charge on any atom is 0.327 e. The largest absolute Gasteiger partial charge is 0.480 e. The van der Waals surface area contributed by atoms with Crippen LogP contribution >= 0.6 is 11.8 Å². The van der Waals surface area contributed by atoms with E-state index in [9.17, 15) is 14.7 Å². The Labute approximate surface area is 112 Å². The molecule has 3 N–H and O–H groups in total. The minimum absolute atomic E-state index is 0.0384. The number of hydrogen-bond donors (Lipinski definition) is 2. The van der Waals surface area contributed by atoms with Crippen LogP contribution in [0.4, 0.5) is 0 Å². The molecule has 6 heteroatoms. The molecule has 1 aliphatic rings. The number of aliphatic carboxylic acids is 1. The van der Waals surface area contributed by atoms with Crippen molar-refractivity contribution < 1.29 is 14.7 Å². The lowest BCUT2D eigenvalue weighted by Gasteiger charge is -2.30. The first-order valence-electron chi connectivity index (χ1n) is 6.24. The summed E-state index contributed by atoms with van der Waals surface area (Å²) in [6.07, 6.45) is 0.323. The number of hydrogen-bond acceptors (Lipinski definition) is 4. The zero-order chi connectivity index (χ0) is 13.9. The van der Waals surface area contributed by atoms with Gasteiger partial charge in [-0.15, -0.1) is 11.8 Å². The molecule has 0 saturated carbocycles. The lowest BCUT2D eigenvalue weighted by Crippen LogP contribution is -2.47. The first kappa shape index (κ1) is 15.3. The maximum atomic E-state index is 12.2. The minimum atomic E-state index is -0.917. The highest BCUT2D eigenvalue weighted by atomic mass is 32.2. The molecule has 1 aliphatic heterocycles. The first-order chi connectivity index (χ1) is 8.38. The fourth-order valence-corrected chi connectivity index (χ4v) is 3.53. The van der Waals surface area contributed by atoms with Gasteiger partial charge in [-0.05, 0) is 18.4 Å². The molecule has 1 amide bonds. The van der Waals surface area contributed by atoms with E-state index < -0.39 is 12.0 Å². The molecule has 18 heavy (non-hydrogen) atoms. The van der Waals surface area contributed by atoms with Crippen LogP contribution in [-0.4, -0.2) is 45.6 Å². The van der Waals surface area contributed by atoms with Crippen molar-refractivity contribution in [2.75, 3.05) is 12.3 Å². The van der Waals surface area contributed by atoms with Gasteiger partial charge in [-0.25, -0.2) is 4.79 Å². The van der Waals surface area contributed by atoms with Crippen LogP contribution in [0.5, 0.6) is 0 Å². The lowest BCUT2D eigenvalue weighted by atomic mass is 10.1. The number of nitrogens with two attached hydrogens (primary N) is 1. The van der Waals surface area contributed by atoms with E-state index in [1.165, 1.54) is 0 Å².